The van der Waals surface area contributed by atoms with E-state index in [4.69, 9.17) is 4.74 Å². The van der Waals surface area contributed by atoms with Gasteiger partial charge in [-0.3, -0.25) is 4.79 Å². The molecule has 0 saturated carbocycles. The van der Waals surface area contributed by atoms with Crippen LogP contribution in [0.2, 0.25) is 0 Å². The predicted molar refractivity (Wildman–Crippen MR) is 88.8 cm³/mol. The number of carbonyl (C=O) groups excluding carboxylic acids is 1. The normalized spacial score (nSPS) is 20.4. The van der Waals surface area contributed by atoms with Crippen LogP contribution in [0.15, 0.2) is 36.8 Å². The lowest BCUT2D eigenvalue weighted by Gasteiger charge is -2.39. The quantitative estimate of drug-likeness (QED) is 0.917. The fourth-order valence-corrected chi connectivity index (χ4v) is 2.92. The number of ether oxygens (including phenoxy) is 1. The van der Waals surface area contributed by atoms with Gasteiger partial charge in [-0.05, 0) is 44.0 Å². The molecule has 1 aliphatic heterocycles. The minimum absolute atomic E-state index is 0.0344. The first-order valence-corrected chi connectivity index (χ1v) is 8.13. The van der Waals surface area contributed by atoms with Crippen molar-refractivity contribution in [1.82, 2.24) is 14.9 Å². The zero-order chi connectivity index (χ0) is 17.9. The van der Waals surface area contributed by atoms with Crippen LogP contribution in [0.4, 0.5) is 4.39 Å². The number of likely N-dealkylation sites (tertiary alicyclic amines) is 1. The average Bonchev–Trinajstić information content (AvgIpc) is 2.61. The molecular weight excluding hydrogens is 325 g/mol. The number of benzene rings is 1. The zero-order valence-electron chi connectivity index (χ0n) is 14.0. The van der Waals surface area contributed by atoms with E-state index in [1.807, 2.05) is 0 Å². The molecule has 1 aliphatic rings. The summed E-state index contributed by atoms with van der Waals surface area (Å²) in [6, 6.07) is 5.62. The highest BCUT2D eigenvalue weighted by atomic mass is 19.1. The fourth-order valence-electron chi connectivity index (χ4n) is 2.92. The van der Waals surface area contributed by atoms with Gasteiger partial charge in [-0.2, -0.15) is 0 Å². The zero-order valence-corrected chi connectivity index (χ0v) is 14.0. The molecule has 1 aromatic heterocycles. The molecule has 1 amide bonds. The average molecular weight is 345 g/mol. The van der Waals surface area contributed by atoms with Crippen molar-refractivity contribution in [3.05, 3.63) is 53.9 Å². The number of amides is 1. The number of rotatable bonds is 4. The van der Waals surface area contributed by atoms with Gasteiger partial charge in [0.25, 0.3) is 5.91 Å². The van der Waals surface area contributed by atoms with Crippen LogP contribution in [0.3, 0.4) is 0 Å². The molecule has 2 aromatic rings. The van der Waals surface area contributed by atoms with Crippen LogP contribution in [0.1, 0.15) is 28.9 Å². The Bertz CT molecular complexity index is 753. The maximum Gasteiger partial charge on any atom is 0.257 e. The van der Waals surface area contributed by atoms with Gasteiger partial charge >= 0.3 is 0 Å². The second kappa shape index (κ2) is 7.14. The van der Waals surface area contributed by atoms with Gasteiger partial charge in [0.05, 0.1) is 17.8 Å². The molecule has 132 valence electrons. The van der Waals surface area contributed by atoms with Crippen LogP contribution < -0.4 is 4.74 Å². The van der Waals surface area contributed by atoms with Crippen molar-refractivity contribution in [1.29, 1.82) is 0 Å². The van der Waals surface area contributed by atoms with Crippen molar-refractivity contribution >= 4 is 5.91 Å². The molecule has 1 unspecified atom stereocenters. The molecule has 3 rings (SSSR count). The smallest absolute Gasteiger partial charge is 0.257 e. The summed E-state index contributed by atoms with van der Waals surface area (Å²) in [5.74, 6) is -0.0652. The Balaban J connectivity index is 1.66. The molecule has 7 heteroatoms. The Morgan fingerprint density at radius 1 is 1.40 bits per heavy atom. The molecule has 1 atom stereocenters. The minimum Gasteiger partial charge on any atom is -0.491 e. The molecule has 1 saturated heterocycles. The number of aromatic nitrogens is 2. The largest absolute Gasteiger partial charge is 0.491 e. The van der Waals surface area contributed by atoms with E-state index in [1.54, 1.807) is 11.8 Å². The SMILES string of the molecule is Cc1ncncc1C(=O)N1CCCC(O)(COc2ccc(F)cc2)C1. The lowest BCUT2D eigenvalue weighted by molar-refractivity contribution is -0.0532. The van der Waals surface area contributed by atoms with E-state index in [-0.39, 0.29) is 24.9 Å². The summed E-state index contributed by atoms with van der Waals surface area (Å²) < 4.78 is 18.5. The van der Waals surface area contributed by atoms with E-state index in [2.05, 4.69) is 9.97 Å². The second-order valence-electron chi connectivity index (χ2n) is 6.32. The van der Waals surface area contributed by atoms with E-state index in [9.17, 15) is 14.3 Å². The number of hydrogen-bond acceptors (Lipinski definition) is 5. The first-order valence-electron chi connectivity index (χ1n) is 8.13. The molecule has 0 bridgehead atoms. The van der Waals surface area contributed by atoms with Crippen molar-refractivity contribution in [2.24, 2.45) is 0 Å². The predicted octanol–water partition coefficient (Wildman–Crippen LogP) is 1.97. The number of β-amino-alcohol motifs (C(OH)–C–C–N with tert-alkyl or cyclic N) is 1. The summed E-state index contributed by atoms with van der Waals surface area (Å²) in [6.07, 6.45) is 4.09. The number of halogens is 1. The molecule has 1 aromatic carbocycles. The van der Waals surface area contributed by atoms with Crippen molar-refractivity contribution in [2.45, 2.75) is 25.4 Å². The van der Waals surface area contributed by atoms with Crippen LogP contribution in [-0.4, -0.2) is 51.2 Å². The van der Waals surface area contributed by atoms with Crippen molar-refractivity contribution in [3.63, 3.8) is 0 Å². The monoisotopic (exact) mass is 345 g/mol. The molecule has 0 radical (unpaired) electrons. The molecule has 25 heavy (non-hydrogen) atoms. The Hall–Kier alpha value is -2.54. The third-order valence-electron chi connectivity index (χ3n) is 4.31. The highest BCUT2D eigenvalue weighted by Gasteiger charge is 2.36. The molecule has 1 fully saturated rings. The van der Waals surface area contributed by atoms with E-state index in [1.165, 1.54) is 36.8 Å². The molecule has 1 N–H and O–H groups in total. The topological polar surface area (TPSA) is 75.6 Å². The second-order valence-corrected chi connectivity index (χ2v) is 6.32. The number of aryl methyl sites for hydroxylation is 1. The third kappa shape index (κ3) is 4.11. The molecule has 2 heterocycles. The van der Waals surface area contributed by atoms with E-state index >= 15 is 0 Å². The maximum atomic E-state index is 12.9. The van der Waals surface area contributed by atoms with Crippen LogP contribution in [0.25, 0.3) is 0 Å². The summed E-state index contributed by atoms with van der Waals surface area (Å²) in [4.78, 5) is 22.2. The highest BCUT2D eigenvalue weighted by molar-refractivity contribution is 5.95. The highest BCUT2D eigenvalue weighted by Crippen LogP contribution is 2.24. The van der Waals surface area contributed by atoms with Gasteiger partial charge in [0.15, 0.2) is 0 Å². The van der Waals surface area contributed by atoms with Crippen molar-refractivity contribution in [2.75, 3.05) is 19.7 Å². The summed E-state index contributed by atoms with van der Waals surface area (Å²) in [6.45, 7) is 2.52. The molecule has 0 spiro atoms. The van der Waals surface area contributed by atoms with E-state index in [0.29, 0.717) is 36.4 Å². The van der Waals surface area contributed by atoms with Crippen LogP contribution in [0.5, 0.6) is 5.75 Å². The molecule has 6 nitrogen and oxygen atoms in total. The number of piperidine rings is 1. The van der Waals surface area contributed by atoms with E-state index < -0.39 is 5.60 Å². The van der Waals surface area contributed by atoms with E-state index in [0.717, 1.165) is 0 Å². The van der Waals surface area contributed by atoms with Crippen molar-refractivity contribution in [3.8, 4) is 5.75 Å². The first kappa shape index (κ1) is 17.3. The number of hydrogen-bond donors (Lipinski definition) is 1. The third-order valence-corrected chi connectivity index (χ3v) is 4.31. The standard InChI is InChI=1S/C18H20FN3O3/c1-13-16(9-20-12-21-13)17(23)22-8-2-7-18(24,10-22)11-25-15-5-3-14(19)4-6-15/h3-6,9,12,24H,2,7-8,10-11H2,1H3. The van der Waals surface area contributed by atoms with Crippen molar-refractivity contribution < 1.29 is 19.0 Å². The Labute approximate surface area is 145 Å². The van der Waals surface area contributed by atoms with Gasteiger partial charge in [-0.15, -0.1) is 0 Å². The lowest BCUT2D eigenvalue weighted by Crippen LogP contribution is -2.53. The van der Waals surface area contributed by atoms with Crippen LogP contribution >= 0.6 is 0 Å². The number of aliphatic hydroxyl groups is 1. The Kier molecular flexibility index (Phi) is 4.94. The van der Waals surface area contributed by atoms with Gasteiger partial charge in [0.1, 0.15) is 30.1 Å². The maximum absolute atomic E-state index is 12.9. The summed E-state index contributed by atoms with van der Waals surface area (Å²) in [5, 5.41) is 10.8. The van der Waals surface area contributed by atoms with Crippen LogP contribution in [0, 0.1) is 12.7 Å². The summed E-state index contributed by atoms with van der Waals surface area (Å²) >= 11 is 0. The number of carbonyl (C=O) groups is 1. The number of nitrogens with zero attached hydrogens (tertiary/aromatic N) is 3. The van der Waals surface area contributed by atoms with Gasteiger partial charge in [-0.25, -0.2) is 14.4 Å². The van der Waals surface area contributed by atoms with Gasteiger partial charge in [0.2, 0.25) is 0 Å². The van der Waals surface area contributed by atoms with Gasteiger partial charge in [-0.1, -0.05) is 0 Å². The minimum atomic E-state index is -1.15. The molecular formula is C18H20FN3O3. The van der Waals surface area contributed by atoms with Gasteiger partial charge < -0.3 is 14.7 Å². The van der Waals surface area contributed by atoms with Crippen LogP contribution in [-0.2, 0) is 0 Å². The lowest BCUT2D eigenvalue weighted by atomic mass is 9.93. The first-order chi connectivity index (χ1) is 12.0. The Morgan fingerprint density at radius 3 is 2.88 bits per heavy atom. The Morgan fingerprint density at radius 2 is 2.16 bits per heavy atom. The summed E-state index contributed by atoms with van der Waals surface area (Å²) in [7, 11) is 0. The summed E-state index contributed by atoms with van der Waals surface area (Å²) in [5.41, 5.74) is -0.103. The fraction of sp³-hybridized carbons (Fsp3) is 0.389. The molecule has 0 aliphatic carbocycles. The van der Waals surface area contributed by atoms with Gasteiger partial charge in [0, 0.05) is 12.7 Å².